The van der Waals surface area contributed by atoms with Gasteiger partial charge in [0.25, 0.3) is 0 Å². The van der Waals surface area contributed by atoms with Crippen molar-refractivity contribution in [2.24, 2.45) is 5.92 Å². The van der Waals surface area contributed by atoms with E-state index in [1.54, 1.807) is 12.1 Å². The van der Waals surface area contributed by atoms with E-state index in [-0.39, 0.29) is 11.5 Å². The molecule has 0 amide bonds. The van der Waals surface area contributed by atoms with Crippen molar-refractivity contribution in [1.82, 2.24) is 15.3 Å². The summed E-state index contributed by atoms with van der Waals surface area (Å²) in [7, 11) is 1.32. The van der Waals surface area contributed by atoms with Crippen molar-refractivity contribution < 1.29 is 13.9 Å². The average molecular weight is 372 g/mol. The van der Waals surface area contributed by atoms with Gasteiger partial charge in [0.1, 0.15) is 11.6 Å². The number of piperidine rings is 1. The molecule has 2 heterocycles. The number of hydrogen-bond donors (Lipinski definition) is 2. The zero-order chi connectivity index (χ0) is 19.2. The number of nitrogens with zero attached hydrogens (tertiary/aromatic N) is 2. The molecule has 1 aliphatic rings. The molecular weight excluding hydrogens is 347 g/mol. The topological polar surface area (TPSA) is 76.1 Å². The summed E-state index contributed by atoms with van der Waals surface area (Å²) in [5, 5.41) is 6.95. The molecule has 0 spiro atoms. The van der Waals surface area contributed by atoms with Gasteiger partial charge in [0, 0.05) is 12.5 Å². The minimum Gasteiger partial charge on any atom is -0.464 e. The first-order chi connectivity index (χ1) is 13.1. The number of rotatable bonds is 6. The van der Waals surface area contributed by atoms with Crippen LogP contribution in [0.4, 0.5) is 10.2 Å². The highest BCUT2D eigenvalue weighted by Gasteiger charge is 2.25. The number of nitrogens with one attached hydrogen (secondary N) is 2. The normalized spacial score (nSPS) is 19.5. The van der Waals surface area contributed by atoms with E-state index < -0.39 is 5.97 Å². The first-order valence-electron chi connectivity index (χ1n) is 9.26. The van der Waals surface area contributed by atoms with Gasteiger partial charge >= 0.3 is 5.97 Å². The Balaban J connectivity index is 1.89. The number of ether oxygens (including phenoxy) is 1. The minimum atomic E-state index is -0.525. The van der Waals surface area contributed by atoms with Crippen molar-refractivity contribution in [3.63, 3.8) is 0 Å². The second-order valence-electron chi connectivity index (χ2n) is 6.76. The zero-order valence-corrected chi connectivity index (χ0v) is 15.7. The lowest BCUT2D eigenvalue weighted by Gasteiger charge is -2.33. The molecule has 1 aromatic carbocycles. The van der Waals surface area contributed by atoms with Crippen LogP contribution in [-0.4, -0.2) is 42.2 Å². The minimum absolute atomic E-state index is 0.164. The Bertz CT molecular complexity index is 782. The van der Waals surface area contributed by atoms with Crippen LogP contribution >= 0.6 is 0 Å². The zero-order valence-electron chi connectivity index (χ0n) is 15.7. The lowest BCUT2D eigenvalue weighted by atomic mass is 9.91. The molecule has 1 fully saturated rings. The number of esters is 1. The maximum Gasteiger partial charge on any atom is 0.358 e. The van der Waals surface area contributed by atoms with Crippen molar-refractivity contribution in [2.45, 2.75) is 32.2 Å². The third-order valence-corrected chi connectivity index (χ3v) is 4.98. The van der Waals surface area contributed by atoms with Gasteiger partial charge in [0.05, 0.1) is 19.0 Å². The first-order valence-corrected chi connectivity index (χ1v) is 9.26. The number of aromatic nitrogens is 2. The van der Waals surface area contributed by atoms with Crippen LogP contribution in [0.1, 0.15) is 41.5 Å². The number of methoxy groups -OCH3 is 1. The molecule has 144 valence electrons. The van der Waals surface area contributed by atoms with E-state index in [9.17, 15) is 9.18 Å². The van der Waals surface area contributed by atoms with Gasteiger partial charge in [-0.15, -0.1) is 0 Å². The van der Waals surface area contributed by atoms with E-state index in [1.165, 1.54) is 25.4 Å². The second-order valence-corrected chi connectivity index (χ2v) is 6.76. The van der Waals surface area contributed by atoms with Crippen LogP contribution < -0.4 is 10.6 Å². The van der Waals surface area contributed by atoms with Crippen molar-refractivity contribution in [3.8, 4) is 0 Å². The van der Waals surface area contributed by atoms with E-state index in [2.05, 4.69) is 27.5 Å². The molecule has 3 rings (SSSR count). The van der Waals surface area contributed by atoms with Crippen molar-refractivity contribution in [3.05, 3.63) is 53.2 Å². The highest BCUT2D eigenvalue weighted by Crippen LogP contribution is 2.23. The van der Waals surface area contributed by atoms with Crippen LogP contribution in [0.5, 0.6) is 0 Å². The molecule has 7 heteroatoms. The summed E-state index contributed by atoms with van der Waals surface area (Å²) in [6, 6.07) is 6.55. The summed E-state index contributed by atoms with van der Waals surface area (Å²) < 4.78 is 18.0. The van der Waals surface area contributed by atoms with Crippen molar-refractivity contribution in [1.29, 1.82) is 0 Å². The van der Waals surface area contributed by atoms with Gasteiger partial charge in [0.15, 0.2) is 5.69 Å². The Hall–Kier alpha value is -2.54. The van der Waals surface area contributed by atoms with Gasteiger partial charge in [-0.2, -0.15) is 0 Å². The fraction of sp³-hybridized carbons (Fsp3) is 0.450. The van der Waals surface area contributed by atoms with E-state index in [1.807, 2.05) is 0 Å². The first kappa shape index (κ1) is 19.2. The predicted molar refractivity (Wildman–Crippen MR) is 101 cm³/mol. The summed E-state index contributed by atoms with van der Waals surface area (Å²) in [6.07, 6.45) is 3.94. The molecule has 1 saturated heterocycles. The number of halogens is 1. The number of anilines is 1. The Labute approximate surface area is 158 Å². The largest absolute Gasteiger partial charge is 0.464 e. The lowest BCUT2D eigenvalue weighted by Crippen LogP contribution is -2.44. The van der Waals surface area contributed by atoms with Crippen LogP contribution in [-0.2, 0) is 11.2 Å². The summed E-state index contributed by atoms with van der Waals surface area (Å²) in [4.78, 5) is 20.8. The van der Waals surface area contributed by atoms with Crippen molar-refractivity contribution >= 4 is 11.8 Å². The molecule has 2 aromatic rings. The van der Waals surface area contributed by atoms with Crippen molar-refractivity contribution in [2.75, 3.05) is 25.5 Å². The van der Waals surface area contributed by atoms with Gasteiger partial charge in [-0.1, -0.05) is 25.5 Å². The number of carbonyl (C=O) groups is 1. The van der Waals surface area contributed by atoms with Gasteiger partial charge in [-0.05, 0) is 43.1 Å². The molecule has 27 heavy (non-hydrogen) atoms. The standard InChI is InChI=1S/C20H25FN4O2/c1-3-14-11-22-9-8-16(14)25-19-17(10-13-4-6-15(21)7-5-13)24-18(12-23-19)20(26)27-2/h4-7,12,14,16,22H,3,8-11H2,1-2H3,(H,23,25)/t14-,16-/m0/s1. The number of hydrogen-bond acceptors (Lipinski definition) is 6. The lowest BCUT2D eigenvalue weighted by molar-refractivity contribution is 0.0593. The van der Waals surface area contributed by atoms with Gasteiger partial charge in [-0.3, -0.25) is 0 Å². The third-order valence-electron chi connectivity index (χ3n) is 4.98. The molecule has 1 aliphatic heterocycles. The van der Waals surface area contributed by atoms with E-state index >= 15 is 0 Å². The molecular formula is C20H25FN4O2. The monoisotopic (exact) mass is 372 g/mol. The van der Waals surface area contributed by atoms with Crippen LogP contribution in [0, 0.1) is 11.7 Å². The highest BCUT2D eigenvalue weighted by atomic mass is 19.1. The fourth-order valence-electron chi connectivity index (χ4n) is 3.39. The number of benzene rings is 1. The summed E-state index contributed by atoms with van der Waals surface area (Å²) in [5.74, 6) is 0.353. The van der Waals surface area contributed by atoms with E-state index in [0.717, 1.165) is 31.5 Å². The molecule has 0 bridgehead atoms. The molecule has 1 aromatic heterocycles. The Morgan fingerprint density at radius 1 is 1.37 bits per heavy atom. The van der Waals surface area contributed by atoms with Gasteiger partial charge in [-0.25, -0.2) is 19.2 Å². The van der Waals surface area contributed by atoms with Crippen LogP contribution in [0.15, 0.2) is 30.5 Å². The molecule has 2 atom stereocenters. The summed E-state index contributed by atoms with van der Waals surface area (Å²) in [6.45, 7) is 4.10. The molecule has 0 unspecified atom stereocenters. The Kier molecular flexibility index (Phi) is 6.34. The van der Waals surface area contributed by atoms with Gasteiger partial charge < -0.3 is 15.4 Å². The molecule has 0 aliphatic carbocycles. The summed E-state index contributed by atoms with van der Waals surface area (Å²) >= 11 is 0. The van der Waals surface area contributed by atoms with Crippen LogP contribution in [0.3, 0.4) is 0 Å². The molecule has 6 nitrogen and oxygen atoms in total. The Morgan fingerprint density at radius 3 is 2.85 bits per heavy atom. The summed E-state index contributed by atoms with van der Waals surface area (Å²) in [5.41, 5.74) is 1.71. The highest BCUT2D eigenvalue weighted by molar-refractivity contribution is 5.87. The van der Waals surface area contributed by atoms with Crippen LogP contribution in [0.25, 0.3) is 0 Å². The Morgan fingerprint density at radius 2 is 2.15 bits per heavy atom. The molecule has 2 N–H and O–H groups in total. The molecule has 0 radical (unpaired) electrons. The fourth-order valence-corrected chi connectivity index (χ4v) is 3.39. The smallest absolute Gasteiger partial charge is 0.358 e. The van der Waals surface area contributed by atoms with E-state index in [0.29, 0.717) is 29.9 Å². The average Bonchev–Trinajstić information content (AvgIpc) is 2.70. The van der Waals surface area contributed by atoms with E-state index in [4.69, 9.17) is 4.74 Å². The number of carbonyl (C=O) groups excluding carboxylic acids is 1. The maximum atomic E-state index is 13.2. The molecule has 0 saturated carbocycles. The third kappa shape index (κ3) is 4.80. The maximum absolute atomic E-state index is 13.2. The van der Waals surface area contributed by atoms with Crippen LogP contribution in [0.2, 0.25) is 0 Å². The quantitative estimate of drug-likeness (QED) is 0.760. The second kappa shape index (κ2) is 8.90. The predicted octanol–water partition coefficient (Wildman–Crippen LogP) is 2.79. The SMILES string of the molecule is CC[C@H]1CNCC[C@@H]1Nc1ncc(C(=O)OC)nc1Cc1ccc(F)cc1. The van der Waals surface area contributed by atoms with Gasteiger partial charge in [0.2, 0.25) is 0 Å².